The fraction of sp³-hybridized carbons (Fsp3) is 0.318. The van der Waals surface area contributed by atoms with Gasteiger partial charge in [-0.1, -0.05) is 29.3 Å². The lowest BCUT2D eigenvalue weighted by Crippen LogP contribution is -2.43. The maximum absolute atomic E-state index is 13.2. The minimum Gasteiger partial charge on any atom is -0.327 e. The second kappa shape index (κ2) is 8.66. The van der Waals surface area contributed by atoms with Gasteiger partial charge in [-0.2, -0.15) is 0 Å². The Balaban J connectivity index is 1.51. The normalized spacial score (nSPS) is 18.7. The Labute approximate surface area is 184 Å². The van der Waals surface area contributed by atoms with Crippen molar-refractivity contribution in [2.24, 2.45) is 0 Å². The van der Waals surface area contributed by atoms with Gasteiger partial charge in [-0.3, -0.25) is 14.4 Å². The van der Waals surface area contributed by atoms with Crippen LogP contribution in [0.25, 0.3) is 0 Å². The first-order chi connectivity index (χ1) is 14.4. The molecule has 8 heteroatoms. The number of carbonyl (C=O) groups is 3. The number of halogens is 2. The highest BCUT2D eigenvalue weighted by atomic mass is 35.5. The molecule has 156 valence electrons. The maximum atomic E-state index is 13.2. The molecule has 2 aromatic carbocycles. The molecule has 3 amide bonds. The van der Waals surface area contributed by atoms with Gasteiger partial charge in [0.05, 0.1) is 0 Å². The van der Waals surface area contributed by atoms with Crippen LogP contribution in [-0.4, -0.2) is 41.8 Å². The number of nitrogens with one attached hydrogen (secondary N) is 1. The molecule has 2 aliphatic heterocycles. The third kappa shape index (κ3) is 4.30. The molecule has 2 fully saturated rings. The van der Waals surface area contributed by atoms with Gasteiger partial charge in [0.15, 0.2) is 0 Å². The minimum absolute atomic E-state index is 0.0678. The summed E-state index contributed by atoms with van der Waals surface area (Å²) >= 11 is 12.0. The minimum atomic E-state index is -0.577. The predicted octanol–water partition coefficient (Wildman–Crippen LogP) is 4.36. The molecule has 1 N–H and O–H groups in total. The zero-order valence-corrected chi connectivity index (χ0v) is 17.7. The smallest absolute Gasteiger partial charge is 0.254 e. The summed E-state index contributed by atoms with van der Waals surface area (Å²) in [6.45, 7) is 1.16. The molecular weight excluding hydrogens is 425 g/mol. The number of benzene rings is 2. The molecule has 0 spiro atoms. The molecule has 0 radical (unpaired) electrons. The number of hydrogen-bond acceptors (Lipinski definition) is 3. The van der Waals surface area contributed by atoms with E-state index in [0.29, 0.717) is 47.2 Å². The predicted molar refractivity (Wildman–Crippen MR) is 117 cm³/mol. The Morgan fingerprint density at radius 1 is 1.00 bits per heavy atom. The Hall–Kier alpha value is -2.57. The van der Waals surface area contributed by atoms with Crippen LogP contribution in [0.4, 0.5) is 11.4 Å². The quantitative estimate of drug-likeness (QED) is 0.759. The molecule has 0 aromatic heterocycles. The summed E-state index contributed by atoms with van der Waals surface area (Å²) in [5.74, 6) is -0.423. The van der Waals surface area contributed by atoms with E-state index in [0.717, 1.165) is 18.5 Å². The Morgan fingerprint density at radius 2 is 1.77 bits per heavy atom. The third-order valence-corrected chi connectivity index (χ3v) is 5.86. The molecule has 0 bridgehead atoms. The first-order valence-corrected chi connectivity index (χ1v) is 10.7. The van der Waals surface area contributed by atoms with E-state index in [1.54, 1.807) is 46.2 Å². The summed E-state index contributed by atoms with van der Waals surface area (Å²) in [6, 6.07) is 11.3. The van der Waals surface area contributed by atoms with Crippen molar-refractivity contribution in [3.63, 3.8) is 0 Å². The second-order valence-corrected chi connectivity index (χ2v) is 8.38. The average Bonchev–Trinajstić information content (AvgIpc) is 3.36. The van der Waals surface area contributed by atoms with Crippen LogP contribution in [0, 0.1) is 0 Å². The van der Waals surface area contributed by atoms with Gasteiger partial charge in [-0.25, -0.2) is 0 Å². The van der Waals surface area contributed by atoms with Crippen molar-refractivity contribution in [3.05, 3.63) is 58.1 Å². The number of amides is 3. The fourth-order valence-corrected chi connectivity index (χ4v) is 4.55. The van der Waals surface area contributed by atoms with Gasteiger partial charge in [0, 0.05) is 46.5 Å². The average molecular weight is 446 g/mol. The van der Waals surface area contributed by atoms with Gasteiger partial charge >= 0.3 is 0 Å². The second-order valence-electron chi connectivity index (χ2n) is 7.50. The van der Waals surface area contributed by atoms with Crippen LogP contribution in [0.2, 0.25) is 10.0 Å². The molecule has 6 nitrogen and oxygen atoms in total. The molecule has 2 saturated heterocycles. The van der Waals surface area contributed by atoms with Crippen LogP contribution in [0.3, 0.4) is 0 Å². The van der Waals surface area contributed by atoms with Crippen molar-refractivity contribution in [2.75, 3.05) is 23.3 Å². The Bertz CT molecular complexity index is 991. The van der Waals surface area contributed by atoms with Crippen molar-refractivity contribution in [2.45, 2.75) is 31.7 Å². The van der Waals surface area contributed by atoms with Crippen molar-refractivity contribution < 1.29 is 14.4 Å². The van der Waals surface area contributed by atoms with Crippen LogP contribution in [0.15, 0.2) is 42.5 Å². The van der Waals surface area contributed by atoms with Crippen LogP contribution in [0.5, 0.6) is 0 Å². The van der Waals surface area contributed by atoms with Gasteiger partial charge in [0.25, 0.3) is 5.91 Å². The SMILES string of the molecule is O=C(Nc1cc(Cl)cc(Cl)c1)C1CCCN1C(=O)c1cccc(N2CCCC2=O)c1. The first-order valence-electron chi connectivity index (χ1n) is 9.91. The standard InChI is InChI=1S/C22H21Cl2N3O3/c23-15-11-16(24)13-17(12-15)25-21(29)19-6-2-9-27(19)22(30)14-4-1-5-18(10-14)26-8-3-7-20(26)28/h1,4-5,10-13,19H,2-3,6-9H2,(H,25,29). The summed E-state index contributed by atoms with van der Waals surface area (Å²) in [5, 5.41) is 3.65. The molecule has 2 heterocycles. The topological polar surface area (TPSA) is 69.7 Å². The molecule has 2 aliphatic rings. The molecule has 4 rings (SSSR count). The van der Waals surface area contributed by atoms with Crippen molar-refractivity contribution >= 4 is 52.3 Å². The summed E-state index contributed by atoms with van der Waals surface area (Å²) in [7, 11) is 0. The molecule has 0 saturated carbocycles. The summed E-state index contributed by atoms with van der Waals surface area (Å²) in [4.78, 5) is 41.4. The van der Waals surface area contributed by atoms with Gasteiger partial charge < -0.3 is 15.1 Å². The van der Waals surface area contributed by atoms with Gasteiger partial charge in [0.2, 0.25) is 11.8 Å². The Kier molecular flexibility index (Phi) is 5.97. The number of hydrogen-bond donors (Lipinski definition) is 1. The number of anilines is 2. The van der Waals surface area contributed by atoms with E-state index < -0.39 is 6.04 Å². The van der Waals surface area contributed by atoms with E-state index in [1.165, 1.54) is 0 Å². The first kappa shape index (κ1) is 20.7. The number of nitrogens with zero attached hydrogens (tertiary/aromatic N) is 2. The zero-order valence-electron chi connectivity index (χ0n) is 16.2. The summed E-state index contributed by atoms with van der Waals surface area (Å²) in [5.41, 5.74) is 1.68. The van der Waals surface area contributed by atoms with E-state index in [4.69, 9.17) is 23.2 Å². The molecule has 0 aliphatic carbocycles. The summed E-state index contributed by atoms with van der Waals surface area (Å²) < 4.78 is 0. The molecule has 1 unspecified atom stereocenters. The lowest BCUT2D eigenvalue weighted by molar-refractivity contribution is -0.119. The maximum Gasteiger partial charge on any atom is 0.254 e. The number of likely N-dealkylation sites (tertiary alicyclic amines) is 1. The van der Waals surface area contributed by atoms with Gasteiger partial charge in [-0.05, 0) is 55.7 Å². The lowest BCUT2D eigenvalue weighted by atomic mass is 10.1. The largest absolute Gasteiger partial charge is 0.327 e. The monoisotopic (exact) mass is 445 g/mol. The molecule has 30 heavy (non-hydrogen) atoms. The van der Waals surface area contributed by atoms with Crippen molar-refractivity contribution in [3.8, 4) is 0 Å². The van der Waals surface area contributed by atoms with Crippen molar-refractivity contribution in [1.29, 1.82) is 0 Å². The van der Waals surface area contributed by atoms with Gasteiger partial charge in [0.1, 0.15) is 6.04 Å². The summed E-state index contributed by atoms with van der Waals surface area (Å²) in [6.07, 6.45) is 2.67. The van der Waals surface area contributed by atoms with E-state index in [1.807, 2.05) is 6.07 Å². The van der Waals surface area contributed by atoms with Crippen LogP contribution >= 0.6 is 23.2 Å². The highest BCUT2D eigenvalue weighted by Gasteiger charge is 2.35. The highest BCUT2D eigenvalue weighted by Crippen LogP contribution is 2.27. The molecular formula is C22H21Cl2N3O3. The van der Waals surface area contributed by atoms with E-state index in [2.05, 4.69) is 5.32 Å². The zero-order chi connectivity index (χ0) is 21.3. The van der Waals surface area contributed by atoms with Crippen LogP contribution in [-0.2, 0) is 9.59 Å². The van der Waals surface area contributed by atoms with E-state index in [-0.39, 0.29) is 17.7 Å². The van der Waals surface area contributed by atoms with Crippen LogP contribution in [0.1, 0.15) is 36.0 Å². The van der Waals surface area contributed by atoms with Gasteiger partial charge in [-0.15, -0.1) is 0 Å². The Morgan fingerprint density at radius 3 is 2.47 bits per heavy atom. The number of carbonyl (C=O) groups excluding carboxylic acids is 3. The van der Waals surface area contributed by atoms with E-state index in [9.17, 15) is 14.4 Å². The molecule has 2 aromatic rings. The number of rotatable bonds is 4. The van der Waals surface area contributed by atoms with Crippen molar-refractivity contribution in [1.82, 2.24) is 4.90 Å². The fourth-order valence-electron chi connectivity index (χ4n) is 4.03. The molecule has 1 atom stereocenters. The lowest BCUT2D eigenvalue weighted by Gasteiger charge is -2.25. The van der Waals surface area contributed by atoms with Crippen LogP contribution < -0.4 is 10.2 Å². The van der Waals surface area contributed by atoms with E-state index >= 15 is 0 Å². The highest BCUT2D eigenvalue weighted by molar-refractivity contribution is 6.35. The third-order valence-electron chi connectivity index (χ3n) is 5.42.